The third kappa shape index (κ3) is 6.54. The largest absolute Gasteiger partial charge is 0.460 e. The maximum absolute atomic E-state index is 14.2. The van der Waals surface area contributed by atoms with Crippen molar-refractivity contribution in [2.75, 3.05) is 19.4 Å². The lowest BCUT2D eigenvalue weighted by Crippen LogP contribution is -2.66. The van der Waals surface area contributed by atoms with Crippen molar-refractivity contribution in [3.8, 4) is 0 Å². The van der Waals surface area contributed by atoms with Crippen LogP contribution in [0.1, 0.15) is 52.4 Å². The molecule has 34 heavy (non-hydrogen) atoms. The van der Waals surface area contributed by atoms with Gasteiger partial charge in [0.05, 0.1) is 25.0 Å². The fraction of sp³-hybridized carbons (Fsp3) is 0.950. The van der Waals surface area contributed by atoms with Crippen molar-refractivity contribution in [1.82, 2.24) is 9.62 Å². The minimum absolute atomic E-state index is 0.0617. The summed E-state index contributed by atoms with van der Waals surface area (Å²) in [4.78, 5) is 12.6. The molecule has 0 unspecified atom stereocenters. The van der Waals surface area contributed by atoms with Gasteiger partial charge in [0.25, 0.3) is 5.91 Å². The molecule has 200 valence electrons. The Labute approximate surface area is 194 Å². The first kappa shape index (κ1) is 29.1. The molecule has 0 aromatic carbocycles. The highest BCUT2D eigenvalue weighted by Gasteiger charge is 2.77. The highest BCUT2D eigenvalue weighted by molar-refractivity contribution is 7.88. The van der Waals surface area contributed by atoms with Crippen molar-refractivity contribution >= 4 is 15.9 Å². The average Bonchev–Trinajstić information content (AvgIpc) is 2.70. The summed E-state index contributed by atoms with van der Waals surface area (Å²) in [6.07, 6.45) is -3.32. The summed E-state index contributed by atoms with van der Waals surface area (Å²) in [6, 6.07) is -2.66. The number of sulfonamides is 1. The van der Waals surface area contributed by atoms with Gasteiger partial charge in [-0.15, -0.1) is 0 Å². The van der Waals surface area contributed by atoms with Gasteiger partial charge < -0.3 is 9.64 Å². The molecular weight excluding hydrogens is 497 g/mol. The number of nitrogens with one attached hydrogen (secondary N) is 1. The number of alkyl halides is 7. The first-order valence-corrected chi connectivity index (χ1v) is 13.0. The summed E-state index contributed by atoms with van der Waals surface area (Å²) in [6.45, 7) is 3.13. The number of carbonyl (C=O) groups excluding carboxylic acids is 1. The quantitative estimate of drug-likeness (QED) is 0.484. The van der Waals surface area contributed by atoms with E-state index in [1.807, 2.05) is 0 Å². The van der Waals surface area contributed by atoms with Crippen LogP contribution in [0.15, 0.2) is 0 Å². The third-order valence-electron chi connectivity index (χ3n) is 6.59. The molecule has 1 aliphatic heterocycles. The van der Waals surface area contributed by atoms with E-state index in [1.54, 1.807) is 0 Å². The first-order chi connectivity index (χ1) is 15.4. The molecular formula is C20H31F7N2O4S. The summed E-state index contributed by atoms with van der Waals surface area (Å²) in [5, 5.41) is 0. The Morgan fingerprint density at radius 3 is 2.06 bits per heavy atom. The van der Waals surface area contributed by atoms with Gasteiger partial charge in [0.15, 0.2) is 0 Å². The van der Waals surface area contributed by atoms with Crippen LogP contribution in [0.2, 0.25) is 0 Å². The van der Waals surface area contributed by atoms with Crippen LogP contribution in [0, 0.1) is 11.8 Å². The minimum atomic E-state index is -6.66. The molecule has 0 aromatic rings. The zero-order valence-electron chi connectivity index (χ0n) is 19.2. The van der Waals surface area contributed by atoms with E-state index in [-0.39, 0.29) is 23.8 Å². The van der Waals surface area contributed by atoms with Crippen LogP contribution in [0.25, 0.3) is 0 Å². The number of rotatable bonds is 8. The van der Waals surface area contributed by atoms with E-state index in [4.69, 9.17) is 4.74 Å². The lowest BCUT2D eigenvalue weighted by atomic mass is 9.80. The van der Waals surface area contributed by atoms with Gasteiger partial charge in [0.1, 0.15) is 0 Å². The molecule has 1 N–H and O–H groups in total. The highest BCUT2D eigenvalue weighted by Crippen LogP contribution is 2.47. The Balaban J connectivity index is 2.25. The van der Waals surface area contributed by atoms with Crippen LogP contribution >= 0.6 is 0 Å². The fourth-order valence-corrected chi connectivity index (χ4v) is 5.40. The molecule has 0 radical (unpaired) electrons. The second kappa shape index (κ2) is 10.5. The van der Waals surface area contributed by atoms with E-state index < -0.39 is 59.2 Å². The number of halogens is 7. The molecule has 0 bridgehead atoms. The molecule has 0 aromatic heterocycles. The monoisotopic (exact) mass is 528 g/mol. The van der Waals surface area contributed by atoms with Gasteiger partial charge in [0, 0.05) is 12.6 Å². The second-order valence-electron chi connectivity index (χ2n) is 9.47. The molecule has 0 spiro atoms. The Morgan fingerprint density at radius 2 is 1.59 bits per heavy atom. The van der Waals surface area contributed by atoms with Gasteiger partial charge in [0.2, 0.25) is 10.0 Å². The molecule has 1 aliphatic carbocycles. The topological polar surface area (TPSA) is 75.7 Å². The lowest BCUT2D eigenvalue weighted by molar-refractivity contribution is -0.346. The molecule has 2 atom stereocenters. The minimum Gasteiger partial charge on any atom is -0.376 e. The number of likely N-dealkylation sites (tertiary alicyclic amines) is 1. The predicted molar refractivity (Wildman–Crippen MR) is 109 cm³/mol. The van der Waals surface area contributed by atoms with Crippen LogP contribution < -0.4 is 4.72 Å². The first-order valence-electron chi connectivity index (χ1n) is 11.1. The Bertz CT molecular complexity index is 812. The van der Waals surface area contributed by atoms with Crippen LogP contribution in [0.3, 0.4) is 0 Å². The summed E-state index contributed by atoms with van der Waals surface area (Å²) >= 11 is 0. The van der Waals surface area contributed by atoms with Crippen molar-refractivity contribution in [3.63, 3.8) is 0 Å². The number of amides is 1. The number of hydrogen-bond acceptors (Lipinski definition) is 4. The van der Waals surface area contributed by atoms with E-state index in [0.29, 0.717) is 24.7 Å². The molecule has 1 amide bonds. The van der Waals surface area contributed by atoms with Crippen LogP contribution in [-0.2, 0) is 19.6 Å². The van der Waals surface area contributed by atoms with Crippen molar-refractivity contribution in [2.24, 2.45) is 11.8 Å². The van der Waals surface area contributed by atoms with Gasteiger partial charge >= 0.3 is 18.0 Å². The Kier molecular flexibility index (Phi) is 8.94. The summed E-state index contributed by atoms with van der Waals surface area (Å²) in [5.74, 6) is -14.5. The van der Waals surface area contributed by atoms with E-state index in [2.05, 4.69) is 18.6 Å². The number of piperidine rings is 1. The molecule has 1 saturated heterocycles. The van der Waals surface area contributed by atoms with Crippen molar-refractivity contribution in [3.05, 3.63) is 0 Å². The fourth-order valence-electron chi connectivity index (χ4n) is 4.58. The summed E-state index contributed by atoms with van der Waals surface area (Å²) in [7, 11) is -3.91. The number of hydrogen-bond donors (Lipinski definition) is 1. The molecule has 2 fully saturated rings. The zero-order valence-corrected chi connectivity index (χ0v) is 20.0. The van der Waals surface area contributed by atoms with E-state index in [1.165, 1.54) is 0 Å². The van der Waals surface area contributed by atoms with Gasteiger partial charge in [-0.3, -0.25) is 4.79 Å². The van der Waals surface area contributed by atoms with E-state index in [9.17, 15) is 43.9 Å². The molecule has 2 aliphatic rings. The maximum Gasteiger partial charge on any atom is 0.460 e. The number of carbonyl (C=O) groups is 1. The molecule has 1 saturated carbocycles. The van der Waals surface area contributed by atoms with Crippen molar-refractivity contribution < 1.29 is 48.7 Å². The van der Waals surface area contributed by atoms with E-state index in [0.717, 1.165) is 19.1 Å². The number of ether oxygens (including phenoxy) is 1. The SMILES string of the molecule is CC(C)C1CCC(OC[C@H]2[C@@H](NS(C)(=O)=O)CCCN2C(=O)C(F)(F)C(F)(F)C(F)(F)F)CC1. The summed E-state index contributed by atoms with van der Waals surface area (Å²) in [5.41, 5.74) is 0. The van der Waals surface area contributed by atoms with E-state index >= 15 is 0 Å². The second-order valence-corrected chi connectivity index (χ2v) is 11.2. The van der Waals surface area contributed by atoms with Crippen molar-refractivity contribution in [1.29, 1.82) is 0 Å². The van der Waals surface area contributed by atoms with Crippen LogP contribution in [-0.4, -0.2) is 74.8 Å². The van der Waals surface area contributed by atoms with Gasteiger partial charge in [-0.1, -0.05) is 13.8 Å². The molecule has 1 heterocycles. The molecule has 14 heteroatoms. The van der Waals surface area contributed by atoms with Gasteiger partial charge in [-0.2, -0.15) is 30.7 Å². The van der Waals surface area contributed by atoms with Crippen molar-refractivity contribution in [2.45, 2.75) is 88.6 Å². The number of nitrogens with zero attached hydrogens (tertiary/aromatic N) is 1. The smallest absolute Gasteiger partial charge is 0.376 e. The lowest BCUT2D eigenvalue weighted by Gasteiger charge is -2.43. The molecule has 2 rings (SSSR count). The predicted octanol–water partition coefficient (Wildman–Crippen LogP) is 3.96. The van der Waals surface area contributed by atoms with Crippen LogP contribution in [0.5, 0.6) is 0 Å². The van der Waals surface area contributed by atoms with Gasteiger partial charge in [-0.25, -0.2) is 13.1 Å². The summed E-state index contributed by atoms with van der Waals surface area (Å²) < 4.78 is 125. The Hall–Kier alpha value is -1.15. The third-order valence-corrected chi connectivity index (χ3v) is 7.32. The average molecular weight is 529 g/mol. The molecule has 6 nitrogen and oxygen atoms in total. The van der Waals surface area contributed by atoms with Gasteiger partial charge in [-0.05, 0) is 50.4 Å². The highest BCUT2D eigenvalue weighted by atomic mass is 32.2. The normalized spacial score (nSPS) is 27.8. The zero-order chi connectivity index (χ0) is 26.1. The standard InChI is InChI=1S/C20H31F7N2O4S/c1-12(2)13-6-8-14(9-7-13)33-11-16-15(28-34(3,31)32)5-4-10-29(16)17(30)18(21,22)19(23,24)20(25,26)27/h12-16,28H,4-11H2,1-3H3/t13?,14?,15-,16-/m0/s1. The van der Waals surface area contributed by atoms with Crippen LogP contribution in [0.4, 0.5) is 30.7 Å². The maximum atomic E-state index is 14.2. The Morgan fingerprint density at radius 1 is 1.03 bits per heavy atom.